The Morgan fingerprint density at radius 3 is 1.10 bits per heavy atom. The van der Waals surface area contributed by atoms with Gasteiger partial charge in [-0.1, -0.05) is 119 Å². The summed E-state index contributed by atoms with van der Waals surface area (Å²) in [6.45, 7) is 8.63. The van der Waals surface area contributed by atoms with Crippen molar-refractivity contribution in [1.82, 2.24) is 0 Å². The second kappa shape index (κ2) is 12.9. The van der Waals surface area contributed by atoms with Gasteiger partial charge in [0, 0.05) is 32.0 Å². The van der Waals surface area contributed by atoms with E-state index >= 15 is 0 Å². The van der Waals surface area contributed by atoms with Crippen LogP contribution in [0.4, 0.5) is 0 Å². The van der Waals surface area contributed by atoms with E-state index in [9.17, 15) is 0 Å². The smallest absolute Gasteiger partial charge is 0.0534 e. The molecule has 4 aromatic carbocycles. The molecule has 0 fully saturated rings. The summed E-state index contributed by atoms with van der Waals surface area (Å²) in [4.78, 5) is 7.95. The summed E-state index contributed by atoms with van der Waals surface area (Å²) in [5, 5.41) is 4.48. The van der Waals surface area contributed by atoms with Gasteiger partial charge in [-0.05, 0) is 85.0 Å². The Bertz CT molecular complexity index is 2340. The Hall–Kier alpha value is -4.32. The van der Waals surface area contributed by atoms with Crippen molar-refractivity contribution in [3.63, 3.8) is 0 Å². The summed E-state index contributed by atoms with van der Waals surface area (Å²) in [5.74, 6) is 0. The monoisotopic (exact) mass is 690 g/mol. The van der Waals surface area contributed by atoms with E-state index in [1.165, 1.54) is 96.0 Å². The molecule has 0 nitrogen and oxygen atoms in total. The number of thiophene rings is 4. The Labute approximate surface area is 299 Å². The van der Waals surface area contributed by atoms with Crippen molar-refractivity contribution in [3.05, 3.63) is 154 Å². The van der Waals surface area contributed by atoms with E-state index in [-0.39, 0.29) is 0 Å². The lowest BCUT2D eigenvalue weighted by molar-refractivity contribution is 1.47. The molecule has 234 valence electrons. The summed E-state index contributed by atoms with van der Waals surface area (Å²) >= 11 is 7.54. The topological polar surface area (TPSA) is 0 Å². The molecule has 0 saturated heterocycles. The molecule has 48 heavy (non-hydrogen) atoms. The Kier molecular flexibility index (Phi) is 8.35. The first-order valence-electron chi connectivity index (χ1n) is 16.1. The van der Waals surface area contributed by atoms with Crippen molar-refractivity contribution in [1.29, 1.82) is 0 Å². The normalized spacial score (nSPS) is 11.3. The summed E-state index contributed by atoms with van der Waals surface area (Å²) < 4.78 is 0. The maximum absolute atomic E-state index is 2.45. The lowest BCUT2D eigenvalue weighted by atomic mass is 9.99. The van der Waals surface area contributed by atoms with Gasteiger partial charge in [-0.15, -0.1) is 45.3 Å². The van der Waals surface area contributed by atoms with Crippen LogP contribution >= 0.6 is 45.3 Å². The second-order valence-electron chi connectivity index (χ2n) is 12.5. The van der Waals surface area contributed by atoms with Crippen LogP contribution in [0.1, 0.15) is 22.3 Å². The molecule has 0 aliphatic heterocycles. The van der Waals surface area contributed by atoms with Crippen molar-refractivity contribution in [2.75, 3.05) is 0 Å². The number of aryl methyl sites for hydroxylation is 4. The molecule has 0 atom stereocenters. The van der Waals surface area contributed by atoms with Crippen molar-refractivity contribution < 1.29 is 0 Å². The third-order valence-electron chi connectivity index (χ3n) is 8.90. The van der Waals surface area contributed by atoms with E-state index in [1.54, 1.807) is 0 Å². The second-order valence-corrected chi connectivity index (χ2v) is 16.4. The van der Waals surface area contributed by atoms with Crippen LogP contribution < -0.4 is 0 Å². The quantitative estimate of drug-likeness (QED) is 0.156. The van der Waals surface area contributed by atoms with Crippen molar-refractivity contribution in [2.24, 2.45) is 0 Å². The summed E-state index contributed by atoms with van der Waals surface area (Å²) in [6.07, 6.45) is 0. The van der Waals surface area contributed by atoms with Crippen molar-refractivity contribution in [2.45, 2.75) is 27.7 Å². The van der Waals surface area contributed by atoms with Crippen molar-refractivity contribution in [3.8, 4) is 73.8 Å². The van der Waals surface area contributed by atoms with E-state index in [0.717, 1.165) is 0 Å². The predicted octanol–water partition coefficient (Wildman–Crippen LogP) is 14.8. The minimum absolute atomic E-state index is 1.26. The van der Waals surface area contributed by atoms with E-state index in [2.05, 4.69) is 160 Å². The molecule has 0 aliphatic carbocycles. The Morgan fingerprint density at radius 2 is 0.646 bits per heavy atom. The fraction of sp³-hybridized carbons (Fsp3) is 0.0909. The molecule has 8 rings (SSSR count). The highest BCUT2D eigenvalue weighted by atomic mass is 32.1. The maximum Gasteiger partial charge on any atom is 0.0534 e. The molecular formula is C44H34S4. The number of hydrogen-bond acceptors (Lipinski definition) is 4. The zero-order chi connectivity index (χ0) is 32.8. The Balaban J connectivity index is 1.33. The fourth-order valence-corrected chi connectivity index (χ4v) is 10.8. The van der Waals surface area contributed by atoms with Crippen LogP contribution in [0, 0.1) is 27.7 Å². The average Bonchev–Trinajstić information content (AvgIpc) is 3.92. The summed E-state index contributed by atoms with van der Waals surface area (Å²) in [7, 11) is 0. The van der Waals surface area contributed by atoms with Gasteiger partial charge in [-0.25, -0.2) is 0 Å². The summed E-state index contributed by atoms with van der Waals surface area (Å²) in [6, 6.07) is 45.4. The molecule has 0 bridgehead atoms. The lowest BCUT2D eigenvalue weighted by Gasteiger charge is -2.07. The zero-order valence-corrected chi connectivity index (χ0v) is 30.6. The molecule has 0 spiro atoms. The van der Waals surface area contributed by atoms with Gasteiger partial charge >= 0.3 is 0 Å². The number of rotatable bonds is 7. The summed E-state index contributed by atoms with van der Waals surface area (Å²) in [5.41, 5.74) is 15.4. The predicted molar refractivity (Wildman–Crippen MR) is 215 cm³/mol. The van der Waals surface area contributed by atoms with E-state index in [4.69, 9.17) is 0 Å². The number of benzene rings is 4. The van der Waals surface area contributed by atoms with E-state index in [0.29, 0.717) is 0 Å². The zero-order valence-electron chi connectivity index (χ0n) is 27.3. The molecule has 0 aliphatic rings. The average molecular weight is 691 g/mol. The third kappa shape index (κ3) is 5.95. The van der Waals surface area contributed by atoms with Crippen LogP contribution in [0.3, 0.4) is 0 Å². The highest BCUT2D eigenvalue weighted by molar-refractivity contribution is 7.29. The van der Waals surface area contributed by atoms with Gasteiger partial charge in [0.2, 0.25) is 0 Å². The largest absolute Gasteiger partial charge is 0.142 e. The lowest BCUT2D eigenvalue weighted by Crippen LogP contribution is -1.81. The minimum atomic E-state index is 1.26. The highest BCUT2D eigenvalue weighted by Crippen LogP contribution is 2.53. The van der Waals surface area contributed by atoms with Crippen LogP contribution in [-0.2, 0) is 0 Å². The van der Waals surface area contributed by atoms with Crippen LogP contribution in [0.5, 0.6) is 0 Å². The van der Waals surface area contributed by atoms with Gasteiger partial charge in [0.1, 0.15) is 0 Å². The molecule has 0 saturated carbocycles. The SMILES string of the molecule is Cc1ccc(-c2ccsc2-c2cc(-c3ccc(C)cc3)c(-c3cc(-c4ccc(C)cc4)c(-c4sccc4-c4ccc(C)cc4)s3)s2)cc1. The molecule has 0 N–H and O–H groups in total. The molecule has 0 unspecified atom stereocenters. The highest BCUT2D eigenvalue weighted by Gasteiger charge is 2.23. The van der Waals surface area contributed by atoms with Gasteiger partial charge < -0.3 is 0 Å². The van der Waals surface area contributed by atoms with Gasteiger partial charge in [-0.3, -0.25) is 0 Å². The first-order valence-corrected chi connectivity index (χ1v) is 19.5. The maximum atomic E-state index is 2.45. The first kappa shape index (κ1) is 31.0. The van der Waals surface area contributed by atoms with Gasteiger partial charge in [0.15, 0.2) is 0 Å². The molecular weight excluding hydrogens is 657 g/mol. The Morgan fingerprint density at radius 1 is 0.312 bits per heavy atom. The molecule has 4 heteroatoms. The standard InChI is InChI=1S/C44H34S4/c1-27-5-13-31(14-6-27)35-21-23-45-41(35)39-25-37(33-17-9-29(3)10-18-33)42(47-39)40-26-38(34-19-11-30(4)12-20-34)44(48-40)43-36(22-24-46-43)32-15-7-28(2)8-16-32/h5-26H,1-4H3. The number of hydrogen-bond donors (Lipinski definition) is 0. The molecule has 4 aromatic heterocycles. The van der Waals surface area contributed by atoms with Gasteiger partial charge in [0.25, 0.3) is 0 Å². The fourth-order valence-electron chi connectivity index (χ4n) is 6.16. The van der Waals surface area contributed by atoms with Crippen LogP contribution in [0.15, 0.2) is 132 Å². The van der Waals surface area contributed by atoms with Crippen LogP contribution in [0.25, 0.3) is 73.8 Å². The van der Waals surface area contributed by atoms with E-state index in [1.807, 2.05) is 45.3 Å². The van der Waals surface area contributed by atoms with Crippen molar-refractivity contribution >= 4 is 45.3 Å². The molecule has 8 aromatic rings. The molecule has 4 heterocycles. The first-order chi connectivity index (χ1) is 23.4. The molecule has 0 amide bonds. The van der Waals surface area contributed by atoms with Gasteiger partial charge in [-0.2, -0.15) is 0 Å². The minimum Gasteiger partial charge on any atom is -0.142 e. The third-order valence-corrected chi connectivity index (χ3v) is 13.5. The van der Waals surface area contributed by atoms with E-state index < -0.39 is 0 Å². The molecule has 0 radical (unpaired) electrons. The van der Waals surface area contributed by atoms with Crippen LogP contribution in [0.2, 0.25) is 0 Å². The van der Waals surface area contributed by atoms with Crippen LogP contribution in [-0.4, -0.2) is 0 Å². The van der Waals surface area contributed by atoms with Gasteiger partial charge in [0.05, 0.1) is 19.5 Å².